The van der Waals surface area contributed by atoms with Crippen LogP contribution in [0.25, 0.3) is 11.0 Å². The van der Waals surface area contributed by atoms with Gasteiger partial charge in [-0.05, 0) is 26.1 Å². The van der Waals surface area contributed by atoms with Crippen molar-refractivity contribution in [1.29, 1.82) is 0 Å². The summed E-state index contributed by atoms with van der Waals surface area (Å²) in [5.74, 6) is 1.90. The smallest absolute Gasteiger partial charge is 0.121 e. The Morgan fingerprint density at radius 1 is 1.44 bits per heavy atom. The standard InChI is InChI=1S/C12H17N3O/c1-3-16-9-4-5-10-11(8-9)15-12(14-10)6-7-13-2/h4-5,8,13H,3,6-7H2,1-2H3,(H,14,15). The van der Waals surface area contributed by atoms with Crippen LogP contribution in [-0.2, 0) is 6.42 Å². The first-order valence-corrected chi connectivity index (χ1v) is 5.59. The maximum Gasteiger partial charge on any atom is 0.121 e. The molecule has 0 radical (unpaired) electrons. The zero-order chi connectivity index (χ0) is 11.4. The minimum atomic E-state index is 0.687. The molecule has 0 saturated heterocycles. The number of rotatable bonds is 5. The highest BCUT2D eigenvalue weighted by molar-refractivity contribution is 5.76. The second kappa shape index (κ2) is 4.99. The lowest BCUT2D eigenvalue weighted by molar-refractivity contribution is 0.340. The van der Waals surface area contributed by atoms with E-state index in [0.29, 0.717) is 6.61 Å². The molecular formula is C12H17N3O. The predicted octanol–water partition coefficient (Wildman–Crippen LogP) is 1.72. The van der Waals surface area contributed by atoms with Gasteiger partial charge in [0.2, 0.25) is 0 Å². The van der Waals surface area contributed by atoms with Gasteiger partial charge in [-0.15, -0.1) is 0 Å². The Hall–Kier alpha value is -1.55. The van der Waals surface area contributed by atoms with Gasteiger partial charge in [-0.25, -0.2) is 4.98 Å². The summed E-state index contributed by atoms with van der Waals surface area (Å²) in [5, 5.41) is 3.11. The van der Waals surface area contributed by atoms with E-state index in [4.69, 9.17) is 4.74 Å². The Labute approximate surface area is 95.0 Å². The highest BCUT2D eigenvalue weighted by atomic mass is 16.5. The Morgan fingerprint density at radius 3 is 3.06 bits per heavy atom. The molecular weight excluding hydrogens is 202 g/mol. The molecule has 0 spiro atoms. The summed E-state index contributed by atoms with van der Waals surface area (Å²) in [4.78, 5) is 7.80. The van der Waals surface area contributed by atoms with Gasteiger partial charge in [-0.1, -0.05) is 0 Å². The highest BCUT2D eigenvalue weighted by Gasteiger charge is 2.03. The number of hydrogen-bond acceptors (Lipinski definition) is 3. The largest absolute Gasteiger partial charge is 0.494 e. The SMILES string of the molecule is CCOc1ccc2nc(CCNC)[nH]c2c1. The summed E-state index contributed by atoms with van der Waals surface area (Å²) in [5.41, 5.74) is 2.03. The van der Waals surface area contributed by atoms with Crippen LogP contribution < -0.4 is 10.1 Å². The molecule has 2 N–H and O–H groups in total. The molecule has 1 aromatic heterocycles. The second-order valence-electron chi connectivity index (χ2n) is 3.65. The topological polar surface area (TPSA) is 49.9 Å². The number of imidazole rings is 1. The van der Waals surface area contributed by atoms with Gasteiger partial charge in [0.1, 0.15) is 11.6 Å². The van der Waals surface area contributed by atoms with Crippen LogP contribution >= 0.6 is 0 Å². The van der Waals surface area contributed by atoms with Crippen molar-refractivity contribution in [3.8, 4) is 5.75 Å². The Balaban J connectivity index is 2.23. The summed E-state index contributed by atoms with van der Waals surface area (Å²) in [6.45, 7) is 3.60. The van der Waals surface area contributed by atoms with E-state index in [0.717, 1.165) is 35.6 Å². The number of aromatic amines is 1. The Morgan fingerprint density at radius 2 is 2.31 bits per heavy atom. The number of nitrogens with one attached hydrogen (secondary N) is 2. The van der Waals surface area contributed by atoms with Crippen molar-refractivity contribution in [2.75, 3.05) is 20.2 Å². The van der Waals surface area contributed by atoms with Gasteiger partial charge in [-0.2, -0.15) is 0 Å². The molecule has 0 aliphatic heterocycles. The molecule has 1 aromatic carbocycles. The van der Waals surface area contributed by atoms with Crippen LogP contribution in [0.3, 0.4) is 0 Å². The summed E-state index contributed by atoms with van der Waals surface area (Å²) < 4.78 is 5.44. The molecule has 0 atom stereocenters. The van der Waals surface area contributed by atoms with Crippen molar-refractivity contribution in [3.05, 3.63) is 24.0 Å². The number of H-pyrrole nitrogens is 1. The monoisotopic (exact) mass is 219 g/mol. The van der Waals surface area contributed by atoms with Gasteiger partial charge in [0, 0.05) is 19.0 Å². The molecule has 4 heteroatoms. The van der Waals surface area contributed by atoms with Crippen LogP contribution in [0.2, 0.25) is 0 Å². The van der Waals surface area contributed by atoms with E-state index in [1.54, 1.807) is 0 Å². The molecule has 2 rings (SSSR count). The first kappa shape index (κ1) is 11.0. The van der Waals surface area contributed by atoms with Crippen LogP contribution in [-0.4, -0.2) is 30.2 Å². The predicted molar refractivity (Wildman–Crippen MR) is 64.9 cm³/mol. The van der Waals surface area contributed by atoms with E-state index >= 15 is 0 Å². The van der Waals surface area contributed by atoms with E-state index in [2.05, 4.69) is 15.3 Å². The van der Waals surface area contributed by atoms with Crippen molar-refractivity contribution >= 4 is 11.0 Å². The molecule has 86 valence electrons. The molecule has 0 bridgehead atoms. The molecule has 4 nitrogen and oxygen atoms in total. The van der Waals surface area contributed by atoms with Gasteiger partial charge < -0.3 is 15.0 Å². The van der Waals surface area contributed by atoms with Crippen LogP contribution in [0.4, 0.5) is 0 Å². The summed E-state index contributed by atoms with van der Waals surface area (Å²) >= 11 is 0. The quantitative estimate of drug-likeness (QED) is 0.805. The summed E-state index contributed by atoms with van der Waals surface area (Å²) in [6.07, 6.45) is 0.912. The molecule has 0 aliphatic carbocycles. The summed E-state index contributed by atoms with van der Waals surface area (Å²) in [6, 6.07) is 5.93. The molecule has 0 fully saturated rings. The minimum absolute atomic E-state index is 0.687. The van der Waals surface area contributed by atoms with Crippen molar-refractivity contribution in [3.63, 3.8) is 0 Å². The lowest BCUT2D eigenvalue weighted by Crippen LogP contribution is -2.10. The van der Waals surface area contributed by atoms with Gasteiger partial charge in [0.15, 0.2) is 0 Å². The Kier molecular flexibility index (Phi) is 3.41. The fourth-order valence-corrected chi connectivity index (χ4v) is 1.66. The molecule has 0 amide bonds. The number of hydrogen-bond donors (Lipinski definition) is 2. The Bertz CT molecular complexity index is 464. The third-order valence-electron chi connectivity index (χ3n) is 2.43. The van der Waals surface area contributed by atoms with Crippen molar-refractivity contribution in [2.45, 2.75) is 13.3 Å². The lowest BCUT2D eigenvalue weighted by atomic mass is 10.3. The molecule has 0 aliphatic rings. The fraction of sp³-hybridized carbons (Fsp3) is 0.417. The molecule has 1 heterocycles. The second-order valence-corrected chi connectivity index (χ2v) is 3.65. The van der Waals surface area contributed by atoms with E-state index in [1.165, 1.54) is 0 Å². The van der Waals surface area contributed by atoms with Gasteiger partial charge in [-0.3, -0.25) is 0 Å². The third kappa shape index (κ3) is 2.33. The number of ether oxygens (including phenoxy) is 1. The first-order valence-electron chi connectivity index (χ1n) is 5.59. The van der Waals surface area contributed by atoms with Gasteiger partial charge in [0.05, 0.1) is 17.6 Å². The van der Waals surface area contributed by atoms with Crippen LogP contribution in [0.5, 0.6) is 5.75 Å². The molecule has 2 aromatic rings. The first-order chi connectivity index (χ1) is 7.83. The van der Waals surface area contributed by atoms with E-state index in [1.807, 2.05) is 32.2 Å². The maximum atomic E-state index is 5.44. The summed E-state index contributed by atoms with van der Waals surface area (Å²) in [7, 11) is 1.94. The zero-order valence-electron chi connectivity index (χ0n) is 9.71. The molecule has 0 unspecified atom stereocenters. The lowest BCUT2D eigenvalue weighted by Gasteiger charge is -2.00. The zero-order valence-corrected chi connectivity index (χ0v) is 9.71. The fourth-order valence-electron chi connectivity index (χ4n) is 1.66. The van der Waals surface area contributed by atoms with Crippen LogP contribution in [0.15, 0.2) is 18.2 Å². The molecule has 0 saturated carbocycles. The van der Waals surface area contributed by atoms with E-state index in [-0.39, 0.29) is 0 Å². The van der Waals surface area contributed by atoms with E-state index < -0.39 is 0 Å². The number of likely N-dealkylation sites (N-methyl/N-ethyl adjacent to an activating group) is 1. The van der Waals surface area contributed by atoms with Gasteiger partial charge in [0.25, 0.3) is 0 Å². The normalized spacial score (nSPS) is 10.9. The van der Waals surface area contributed by atoms with Crippen LogP contribution in [0.1, 0.15) is 12.7 Å². The average Bonchev–Trinajstić information content (AvgIpc) is 2.68. The number of aromatic nitrogens is 2. The van der Waals surface area contributed by atoms with Crippen molar-refractivity contribution in [1.82, 2.24) is 15.3 Å². The maximum absolute atomic E-state index is 5.44. The van der Waals surface area contributed by atoms with Crippen LogP contribution in [0, 0.1) is 0 Å². The number of benzene rings is 1. The minimum Gasteiger partial charge on any atom is -0.494 e. The third-order valence-corrected chi connectivity index (χ3v) is 2.43. The molecule has 16 heavy (non-hydrogen) atoms. The highest BCUT2D eigenvalue weighted by Crippen LogP contribution is 2.19. The average molecular weight is 219 g/mol. The number of nitrogens with zero attached hydrogens (tertiary/aromatic N) is 1. The van der Waals surface area contributed by atoms with Crippen molar-refractivity contribution < 1.29 is 4.74 Å². The van der Waals surface area contributed by atoms with Gasteiger partial charge >= 0.3 is 0 Å². The van der Waals surface area contributed by atoms with Crippen molar-refractivity contribution in [2.24, 2.45) is 0 Å². The van der Waals surface area contributed by atoms with E-state index in [9.17, 15) is 0 Å². The number of fused-ring (bicyclic) bond motifs is 1.